The molecule has 0 aliphatic heterocycles. The second kappa shape index (κ2) is 12.3. The van der Waals surface area contributed by atoms with E-state index in [1.54, 1.807) is 7.05 Å². The topological polar surface area (TPSA) is 71.0 Å². The van der Waals surface area contributed by atoms with E-state index < -0.39 is 12.0 Å². The van der Waals surface area contributed by atoms with Crippen LogP contribution in [-0.4, -0.2) is 75.1 Å². The molecule has 0 aliphatic carbocycles. The Morgan fingerprint density at radius 1 is 1.16 bits per heavy atom. The summed E-state index contributed by atoms with van der Waals surface area (Å²) < 4.78 is 10.7. The summed E-state index contributed by atoms with van der Waals surface area (Å²) in [7, 11) is 1.67. The maximum Gasteiger partial charge on any atom is 0.320 e. The summed E-state index contributed by atoms with van der Waals surface area (Å²) >= 11 is 0. The first-order valence-corrected chi connectivity index (χ1v) is 6.93. The zero-order valence-corrected chi connectivity index (χ0v) is 12.4. The molecule has 0 bridgehead atoms. The Balaban J connectivity index is 4.03. The quantitative estimate of drug-likeness (QED) is 0.475. The van der Waals surface area contributed by atoms with Gasteiger partial charge in [-0.1, -0.05) is 0 Å². The Bertz CT molecular complexity index is 217. The predicted molar refractivity (Wildman–Crippen MR) is 74.5 cm³/mol. The van der Waals surface area contributed by atoms with Crippen LogP contribution in [0.5, 0.6) is 0 Å². The highest BCUT2D eigenvalue weighted by molar-refractivity contribution is 5.73. The standard InChI is InChI=1S/C13H28N2O4/c1-4-18-10-8-15(9-11-19-5-2)7-6-12(14-3)13(16)17/h12,14H,4-11H2,1-3H3,(H,16,17). The van der Waals surface area contributed by atoms with E-state index in [9.17, 15) is 4.79 Å². The first kappa shape index (κ1) is 18.3. The summed E-state index contributed by atoms with van der Waals surface area (Å²) in [5.41, 5.74) is 0. The normalized spacial score (nSPS) is 12.8. The zero-order valence-electron chi connectivity index (χ0n) is 12.4. The number of nitrogens with zero attached hydrogens (tertiary/aromatic N) is 1. The van der Waals surface area contributed by atoms with Gasteiger partial charge in [0, 0.05) is 32.8 Å². The van der Waals surface area contributed by atoms with Crippen molar-refractivity contribution in [2.75, 3.05) is 53.1 Å². The van der Waals surface area contributed by atoms with E-state index in [2.05, 4.69) is 10.2 Å². The minimum Gasteiger partial charge on any atom is -0.480 e. The maximum absolute atomic E-state index is 10.9. The van der Waals surface area contributed by atoms with Gasteiger partial charge in [0.15, 0.2) is 0 Å². The summed E-state index contributed by atoms with van der Waals surface area (Å²) in [6.07, 6.45) is 0.573. The Labute approximate surface area is 116 Å². The van der Waals surface area contributed by atoms with Gasteiger partial charge in [0.2, 0.25) is 0 Å². The molecule has 1 atom stereocenters. The van der Waals surface area contributed by atoms with Gasteiger partial charge in [-0.15, -0.1) is 0 Å². The van der Waals surface area contributed by atoms with Gasteiger partial charge >= 0.3 is 5.97 Å². The number of ether oxygens (including phenoxy) is 2. The molecule has 0 rings (SSSR count). The lowest BCUT2D eigenvalue weighted by Gasteiger charge is -2.23. The molecule has 1 unspecified atom stereocenters. The zero-order chi connectivity index (χ0) is 14.5. The molecule has 114 valence electrons. The molecule has 2 N–H and O–H groups in total. The van der Waals surface area contributed by atoms with Crippen LogP contribution in [0.1, 0.15) is 20.3 Å². The van der Waals surface area contributed by atoms with E-state index >= 15 is 0 Å². The van der Waals surface area contributed by atoms with Gasteiger partial charge in [-0.05, 0) is 27.3 Å². The highest BCUT2D eigenvalue weighted by Crippen LogP contribution is 1.98. The van der Waals surface area contributed by atoms with Crippen molar-refractivity contribution in [1.29, 1.82) is 0 Å². The van der Waals surface area contributed by atoms with Crippen molar-refractivity contribution in [3.63, 3.8) is 0 Å². The van der Waals surface area contributed by atoms with Crippen LogP contribution in [0.2, 0.25) is 0 Å². The van der Waals surface area contributed by atoms with Crippen LogP contribution in [0.25, 0.3) is 0 Å². The van der Waals surface area contributed by atoms with Crippen molar-refractivity contribution in [2.24, 2.45) is 0 Å². The lowest BCUT2D eigenvalue weighted by molar-refractivity contribution is -0.139. The fourth-order valence-electron chi connectivity index (χ4n) is 1.71. The van der Waals surface area contributed by atoms with Crippen molar-refractivity contribution in [2.45, 2.75) is 26.3 Å². The molecule has 0 heterocycles. The smallest absolute Gasteiger partial charge is 0.320 e. The molecule has 0 aromatic heterocycles. The van der Waals surface area contributed by atoms with Crippen molar-refractivity contribution in [1.82, 2.24) is 10.2 Å². The number of carboxylic acid groups (broad SMARTS) is 1. The SMILES string of the molecule is CCOCCN(CCOCC)CCC(NC)C(=O)O. The van der Waals surface area contributed by atoms with E-state index in [1.165, 1.54) is 0 Å². The van der Waals surface area contributed by atoms with E-state index in [-0.39, 0.29) is 0 Å². The van der Waals surface area contributed by atoms with Crippen LogP contribution in [0.3, 0.4) is 0 Å². The third-order valence-corrected chi connectivity index (χ3v) is 2.89. The summed E-state index contributed by atoms with van der Waals surface area (Å²) in [6.45, 7) is 8.99. The van der Waals surface area contributed by atoms with Crippen LogP contribution in [-0.2, 0) is 14.3 Å². The highest BCUT2D eigenvalue weighted by Gasteiger charge is 2.16. The van der Waals surface area contributed by atoms with Crippen LogP contribution in [0.4, 0.5) is 0 Å². The summed E-state index contributed by atoms with van der Waals surface area (Å²) in [5.74, 6) is -0.808. The van der Waals surface area contributed by atoms with Gasteiger partial charge in [0.05, 0.1) is 13.2 Å². The number of carboxylic acids is 1. The molecule has 6 heteroatoms. The summed E-state index contributed by atoms with van der Waals surface area (Å²) in [6, 6.07) is -0.498. The third-order valence-electron chi connectivity index (χ3n) is 2.89. The van der Waals surface area contributed by atoms with Crippen LogP contribution < -0.4 is 5.32 Å². The molecule has 0 aliphatic rings. The Kier molecular flexibility index (Phi) is 11.9. The van der Waals surface area contributed by atoms with Gasteiger partial charge in [0.1, 0.15) is 6.04 Å². The number of rotatable bonds is 13. The average molecular weight is 276 g/mol. The Morgan fingerprint density at radius 3 is 2.05 bits per heavy atom. The van der Waals surface area contributed by atoms with E-state index in [4.69, 9.17) is 14.6 Å². The van der Waals surface area contributed by atoms with Gasteiger partial charge in [-0.2, -0.15) is 0 Å². The number of hydrogen-bond acceptors (Lipinski definition) is 5. The minimum atomic E-state index is -0.808. The van der Waals surface area contributed by atoms with Gasteiger partial charge < -0.3 is 19.9 Å². The number of hydrogen-bond donors (Lipinski definition) is 2. The molecular formula is C13H28N2O4. The lowest BCUT2D eigenvalue weighted by atomic mass is 10.2. The van der Waals surface area contributed by atoms with Crippen LogP contribution in [0, 0.1) is 0 Å². The Morgan fingerprint density at radius 2 is 1.68 bits per heavy atom. The van der Waals surface area contributed by atoms with Crippen molar-refractivity contribution in [3.8, 4) is 0 Å². The van der Waals surface area contributed by atoms with Gasteiger partial charge in [-0.3, -0.25) is 9.69 Å². The van der Waals surface area contributed by atoms with Gasteiger partial charge in [0.25, 0.3) is 0 Å². The number of nitrogens with one attached hydrogen (secondary N) is 1. The molecule has 19 heavy (non-hydrogen) atoms. The Hall–Kier alpha value is -0.690. The van der Waals surface area contributed by atoms with Crippen LogP contribution >= 0.6 is 0 Å². The largest absolute Gasteiger partial charge is 0.480 e. The average Bonchev–Trinajstić information content (AvgIpc) is 2.38. The second-order valence-corrected chi connectivity index (χ2v) is 4.20. The van der Waals surface area contributed by atoms with Crippen LogP contribution in [0.15, 0.2) is 0 Å². The molecule has 0 fully saturated rings. The molecule has 0 radical (unpaired) electrons. The number of carbonyl (C=O) groups is 1. The van der Waals surface area contributed by atoms with E-state index in [0.29, 0.717) is 32.8 Å². The first-order chi connectivity index (χ1) is 9.15. The molecular weight excluding hydrogens is 248 g/mol. The van der Waals surface area contributed by atoms with Crippen molar-refractivity contribution >= 4 is 5.97 Å². The van der Waals surface area contributed by atoms with E-state index in [0.717, 1.165) is 19.6 Å². The molecule has 0 aromatic carbocycles. The van der Waals surface area contributed by atoms with E-state index in [1.807, 2.05) is 13.8 Å². The predicted octanol–water partition coefficient (Wildman–Crippen LogP) is 0.424. The van der Waals surface area contributed by atoms with Crippen molar-refractivity contribution < 1.29 is 19.4 Å². The molecule has 6 nitrogen and oxygen atoms in total. The molecule has 0 spiro atoms. The molecule has 0 aromatic rings. The fraction of sp³-hybridized carbons (Fsp3) is 0.923. The number of aliphatic carboxylic acids is 1. The minimum absolute atomic E-state index is 0.498. The molecule has 0 saturated carbocycles. The molecule has 0 saturated heterocycles. The fourth-order valence-corrected chi connectivity index (χ4v) is 1.71. The lowest BCUT2D eigenvalue weighted by Crippen LogP contribution is -2.39. The van der Waals surface area contributed by atoms with Gasteiger partial charge in [-0.25, -0.2) is 0 Å². The van der Waals surface area contributed by atoms with Crippen molar-refractivity contribution in [3.05, 3.63) is 0 Å². The molecule has 0 amide bonds. The maximum atomic E-state index is 10.9. The summed E-state index contributed by atoms with van der Waals surface area (Å²) in [4.78, 5) is 13.1. The number of likely N-dealkylation sites (N-methyl/N-ethyl adjacent to an activating group) is 1. The highest BCUT2D eigenvalue weighted by atomic mass is 16.5. The summed E-state index contributed by atoms with van der Waals surface area (Å²) in [5, 5.41) is 11.8. The second-order valence-electron chi connectivity index (χ2n) is 4.20. The first-order valence-electron chi connectivity index (χ1n) is 6.93. The monoisotopic (exact) mass is 276 g/mol. The third kappa shape index (κ3) is 9.84.